The second-order valence-corrected chi connectivity index (χ2v) is 19.6. The van der Waals surface area contributed by atoms with Gasteiger partial charge in [0, 0.05) is 77.0 Å². The fourth-order valence-electron chi connectivity index (χ4n) is 9.12. The van der Waals surface area contributed by atoms with Crippen LogP contribution in [0.5, 0.6) is 0 Å². The van der Waals surface area contributed by atoms with Crippen molar-refractivity contribution in [3.63, 3.8) is 0 Å². The Bertz CT molecular complexity index is 2710. The number of aromatic nitrogens is 8. The number of nitrogens with one attached hydrogen (secondary N) is 2. The molecule has 0 radical (unpaired) electrons. The van der Waals surface area contributed by atoms with Gasteiger partial charge in [-0.05, 0) is 70.8 Å². The first-order valence-corrected chi connectivity index (χ1v) is 25.4. The molecule has 2 unspecified atom stereocenters. The molecule has 0 aliphatic carbocycles. The molecule has 2 aliphatic rings. The summed E-state index contributed by atoms with van der Waals surface area (Å²) in [5, 5.41) is 22.7. The third-order valence-electron chi connectivity index (χ3n) is 12.6. The molecule has 4 aromatic carbocycles. The zero-order valence-corrected chi connectivity index (χ0v) is 41.2. The van der Waals surface area contributed by atoms with Crippen molar-refractivity contribution in [2.75, 3.05) is 88.4 Å². The van der Waals surface area contributed by atoms with Gasteiger partial charge < -0.3 is 37.1 Å². The lowest BCUT2D eigenvalue weighted by molar-refractivity contribution is 0.0707. The third kappa shape index (κ3) is 13.7. The van der Waals surface area contributed by atoms with Gasteiger partial charge in [-0.3, -0.25) is 19.6 Å². The maximum Gasteiger partial charge on any atom is 0.223 e. The molecule has 10 N–H and O–H groups in total. The van der Waals surface area contributed by atoms with E-state index >= 15 is 0 Å². The summed E-state index contributed by atoms with van der Waals surface area (Å²) in [7, 11) is 0. The van der Waals surface area contributed by atoms with Gasteiger partial charge in [0.2, 0.25) is 11.9 Å². The minimum Gasteiger partial charge on any atom is -0.412 e. The van der Waals surface area contributed by atoms with Crippen LogP contribution in [-0.4, -0.2) is 164 Å². The number of thioether (sulfide) groups is 2. The Kier molecular flexibility index (Phi) is 17.9. The smallest absolute Gasteiger partial charge is 0.223 e. The molecule has 0 saturated carbocycles. The Labute approximate surface area is 426 Å². The van der Waals surface area contributed by atoms with E-state index in [4.69, 9.17) is 11.5 Å². The summed E-state index contributed by atoms with van der Waals surface area (Å²) < 4.78 is 54.2. The second-order valence-electron chi connectivity index (χ2n) is 17.6. The second kappa shape index (κ2) is 24.6. The summed E-state index contributed by atoms with van der Waals surface area (Å²) in [5.41, 5.74) is 17.8. The summed E-state index contributed by atoms with van der Waals surface area (Å²) >= 11 is 2.81. The summed E-state index contributed by atoms with van der Waals surface area (Å²) in [6, 6.07) is 25.7. The molecule has 4 aromatic heterocycles. The van der Waals surface area contributed by atoms with Crippen molar-refractivity contribution >= 4 is 57.7 Å². The van der Waals surface area contributed by atoms with Crippen LogP contribution in [0.3, 0.4) is 0 Å². The van der Waals surface area contributed by atoms with Crippen LogP contribution in [0.4, 0.5) is 29.5 Å². The van der Waals surface area contributed by atoms with E-state index in [2.05, 4.69) is 59.5 Å². The number of nitrogen functional groups attached to an aromatic ring is 2. The molecule has 6 heterocycles. The molecule has 73 heavy (non-hydrogen) atoms. The molecule has 384 valence electrons. The van der Waals surface area contributed by atoms with E-state index < -0.39 is 12.2 Å². The van der Waals surface area contributed by atoms with E-state index in [1.54, 1.807) is 61.2 Å². The quantitative estimate of drug-likeness (QED) is 0.0407. The van der Waals surface area contributed by atoms with Crippen molar-refractivity contribution in [1.29, 1.82) is 0 Å². The first kappa shape index (κ1) is 53.0. The van der Waals surface area contributed by atoms with Crippen molar-refractivity contribution < 1.29 is 33.3 Å². The highest BCUT2D eigenvalue weighted by atomic mass is 32.2. The topological polar surface area (TPSA) is 246 Å². The fraction of sp³-hybridized carbons (Fsp3) is 0.320. The van der Waals surface area contributed by atoms with Crippen molar-refractivity contribution in [2.45, 2.75) is 34.3 Å². The molecule has 2 fully saturated rings. The first-order chi connectivity index (χ1) is 34.9. The number of piperazine rings is 2. The molecule has 23 heteroatoms. The molecule has 10 rings (SSSR count). The van der Waals surface area contributed by atoms with E-state index in [1.807, 2.05) is 0 Å². The van der Waals surface area contributed by atoms with Gasteiger partial charge in [-0.2, -0.15) is 9.97 Å². The monoisotopic (exact) mass is 1040 g/mol. The number of aliphatic hydroxyl groups excluding tert-OH is 2. The molecule has 17 nitrogen and oxygen atoms in total. The highest BCUT2D eigenvalue weighted by molar-refractivity contribution is 7.99. The lowest BCUT2D eigenvalue weighted by atomic mass is 9.96. The van der Waals surface area contributed by atoms with Gasteiger partial charge >= 0.3 is 0 Å². The highest BCUT2D eigenvalue weighted by Crippen LogP contribution is 2.33. The number of hydrogen-bond donors (Lipinski definition) is 6. The average Bonchev–Trinajstić information content (AvgIpc) is 4.07. The zero-order chi connectivity index (χ0) is 50.1. The molecular weight excluding hydrogens is 985 g/mol. The number of benzene rings is 4. The number of nitrogens with zero attached hydrogens (tertiary/aromatic N) is 10. The zero-order valence-electron chi connectivity index (χ0n) is 39.5. The maximum atomic E-state index is 13.6. The summed E-state index contributed by atoms with van der Waals surface area (Å²) in [6.45, 7) is 7.17. The van der Waals surface area contributed by atoms with Crippen LogP contribution < -0.4 is 11.5 Å². The average molecular weight is 1040 g/mol. The van der Waals surface area contributed by atoms with Crippen molar-refractivity contribution in [1.82, 2.24) is 59.5 Å². The first-order valence-electron chi connectivity index (χ1n) is 23.4. The van der Waals surface area contributed by atoms with E-state index in [-0.39, 0.29) is 52.7 Å². The number of fused-ring (bicyclic) bond motifs is 2. The molecule has 0 bridgehead atoms. The van der Waals surface area contributed by atoms with Gasteiger partial charge in [0.1, 0.15) is 44.4 Å². The van der Waals surface area contributed by atoms with Crippen LogP contribution in [-0.2, 0) is 0 Å². The third-order valence-corrected chi connectivity index (χ3v) is 14.8. The summed E-state index contributed by atoms with van der Waals surface area (Å²) in [5.74, 6) is 0.0843. The molecule has 2 atom stereocenters. The summed E-state index contributed by atoms with van der Waals surface area (Å²) in [6.07, 6.45) is 1.97. The Balaban J connectivity index is 0.000000192. The Hall–Kier alpha value is -6.28. The standard InChI is InChI=1S/2C25H27F2N7OS.H2O/c2*26-18-5-1-16(2-6-18)22(17-3-7-19(27)8-4-17)34-11-9-33(10-12-34)13-20(35)14-36-24-21-23(30-15-29-21)31-25(28)32-24;/h2*1-8,15,20,22,35H,9-14H2,(H3,28,29,30,31,32);1H2. The number of aliphatic hydroxyl groups is 2. The lowest BCUT2D eigenvalue weighted by Gasteiger charge is -2.40. The van der Waals surface area contributed by atoms with Gasteiger partial charge in [0.05, 0.1) is 36.9 Å². The SMILES string of the molecule is Nc1nc(SCC(O)CN2CCN(C(c3ccc(F)cc3)c3ccc(F)cc3)CC2)c2nc[nH]c2n1.Nc1nc(SCC(O)CN2CCN(C(c3ccc(F)cc3)c3ccc(F)cc3)CC2)c2nc[nH]c2n1.O. The van der Waals surface area contributed by atoms with Crippen LogP contribution in [0.15, 0.2) is 120 Å². The highest BCUT2D eigenvalue weighted by Gasteiger charge is 2.29. The largest absolute Gasteiger partial charge is 0.412 e. The van der Waals surface area contributed by atoms with E-state index in [0.29, 0.717) is 57.0 Å². The number of nitrogens with two attached hydrogens (primary N) is 2. The van der Waals surface area contributed by atoms with Gasteiger partial charge in [-0.15, -0.1) is 23.5 Å². The molecular formula is C50H56F4N14O3S2. The van der Waals surface area contributed by atoms with Gasteiger partial charge in [-0.25, -0.2) is 37.5 Å². The Morgan fingerprint density at radius 1 is 0.479 bits per heavy atom. The minimum atomic E-state index is -0.559. The number of aromatic amines is 2. The van der Waals surface area contributed by atoms with Crippen LogP contribution in [0, 0.1) is 23.3 Å². The van der Waals surface area contributed by atoms with Crippen LogP contribution >= 0.6 is 23.5 Å². The van der Waals surface area contributed by atoms with Crippen LogP contribution in [0.2, 0.25) is 0 Å². The van der Waals surface area contributed by atoms with Gasteiger partial charge in [-0.1, -0.05) is 48.5 Å². The number of β-amino-alcohol motifs (C(OH)–C–C–N with tert-alkyl or cyclic N) is 2. The summed E-state index contributed by atoms with van der Waals surface area (Å²) in [4.78, 5) is 40.2. The van der Waals surface area contributed by atoms with E-state index in [1.165, 1.54) is 72.1 Å². The normalized spacial score (nSPS) is 15.9. The van der Waals surface area contributed by atoms with Gasteiger partial charge in [0.25, 0.3) is 0 Å². The number of H-pyrrole nitrogens is 2. The number of anilines is 2. The number of imidazole rings is 2. The minimum absolute atomic E-state index is 0. The molecule has 0 spiro atoms. The van der Waals surface area contributed by atoms with Gasteiger partial charge in [0.15, 0.2) is 11.3 Å². The number of rotatable bonds is 16. The molecule has 8 aromatic rings. The molecule has 2 saturated heterocycles. The molecule has 0 amide bonds. The Morgan fingerprint density at radius 3 is 1.08 bits per heavy atom. The number of hydrogen-bond acceptors (Lipinski definition) is 16. The fourth-order valence-corrected chi connectivity index (χ4v) is 10.9. The predicted octanol–water partition coefficient (Wildman–Crippen LogP) is 5.32. The van der Waals surface area contributed by atoms with E-state index in [0.717, 1.165) is 74.6 Å². The van der Waals surface area contributed by atoms with E-state index in [9.17, 15) is 27.8 Å². The van der Waals surface area contributed by atoms with Crippen molar-refractivity contribution in [3.05, 3.63) is 155 Å². The van der Waals surface area contributed by atoms with Crippen molar-refractivity contribution in [3.8, 4) is 0 Å². The van der Waals surface area contributed by atoms with Crippen LogP contribution in [0.25, 0.3) is 22.3 Å². The van der Waals surface area contributed by atoms with Crippen LogP contribution in [0.1, 0.15) is 34.3 Å². The molecule has 2 aliphatic heterocycles. The number of halogens is 4. The lowest BCUT2D eigenvalue weighted by Crippen LogP contribution is -2.50. The maximum absolute atomic E-state index is 13.6. The predicted molar refractivity (Wildman–Crippen MR) is 275 cm³/mol. The van der Waals surface area contributed by atoms with Crippen molar-refractivity contribution in [2.24, 2.45) is 0 Å². The Morgan fingerprint density at radius 2 is 0.781 bits per heavy atom.